The lowest BCUT2D eigenvalue weighted by atomic mass is 10.2. The fraction of sp³-hybridized carbons (Fsp3) is 0.312. The molecule has 1 amide bonds. The number of hydrogen-bond acceptors (Lipinski definition) is 5. The fourth-order valence-corrected chi connectivity index (χ4v) is 2.58. The van der Waals surface area contributed by atoms with Gasteiger partial charge in [-0.25, -0.2) is 4.98 Å². The number of halogens is 2. The van der Waals surface area contributed by atoms with Crippen LogP contribution in [-0.2, 0) is 6.54 Å². The molecule has 2 N–H and O–H groups in total. The third-order valence-corrected chi connectivity index (χ3v) is 3.81. The fourth-order valence-electron chi connectivity index (χ4n) is 2.58. The van der Waals surface area contributed by atoms with Gasteiger partial charge >= 0.3 is 0 Å². The summed E-state index contributed by atoms with van der Waals surface area (Å²) < 4.78 is 0. The van der Waals surface area contributed by atoms with E-state index in [1.165, 1.54) is 0 Å². The van der Waals surface area contributed by atoms with Crippen molar-refractivity contribution in [2.24, 2.45) is 5.73 Å². The van der Waals surface area contributed by atoms with Crippen LogP contribution in [0.2, 0.25) is 0 Å². The predicted octanol–water partition coefficient (Wildman–Crippen LogP) is 1.74. The third-order valence-electron chi connectivity index (χ3n) is 3.81. The number of nitrogens with two attached hydrogens (primary N) is 1. The number of aromatic nitrogens is 2. The number of carbonyl (C=O) groups excluding carboxylic acids is 1. The Bertz CT molecular complexity index is 648. The molecule has 3 heterocycles. The topological polar surface area (TPSA) is 75.4 Å². The molecule has 0 unspecified atom stereocenters. The summed E-state index contributed by atoms with van der Waals surface area (Å²) in [5, 5.41) is 0. The summed E-state index contributed by atoms with van der Waals surface area (Å²) in [7, 11) is 0. The maximum absolute atomic E-state index is 12.5. The second-order valence-corrected chi connectivity index (χ2v) is 5.21. The Hall–Kier alpha value is -1.89. The molecule has 24 heavy (non-hydrogen) atoms. The summed E-state index contributed by atoms with van der Waals surface area (Å²) in [5.74, 6) is 1.00. The Balaban J connectivity index is 0.00000144. The van der Waals surface area contributed by atoms with Gasteiger partial charge in [0.05, 0.1) is 5.69 Å². The summed E-state index contributed by atoms with van der Waals surface area (Å²) >= 11 is 0. The van der Waals surface area contributed by atoms with Gasteiger partial charge < -0.3 is 15.5 Å². The van der Waals surface area contributed by atoms with Crippen molar-refractivity contribution in [2.75, 3.05) is 31.1 Å². The molecule has 0 aromatic carbocycles. The first kappa shape index (κ1) is 20.2. The van der Waals surface area contributed by atoms with Crippen LogP contribution in [0.5, 0.6) is 0 Å². The van der Waals surface area contributed by atoms with E-state index >= 15 is 0 Å². The molecule has 0 saturated carbocycles. The summed E-state index contributed by atoms with van der Waals surface area (Å²) in [6.07, 6.45) is 3.43. The van der Waals surface area contributed by atoms with E-state index in [1.807, 2.05) is 23.1 Å². The number of hydrogen-bond donors (Lipinski definition) is 1. The molecule has 1 aliphatic heterocycles. The molecule has 1 fully saturated rings. The molecule has 0 aliphatic carbocycles. The van der Waals surface area contributed by atoms with E-state index in [4.69, 9.17) is 5.73 Å². The highest BCUT2D eigenvalue weighted by Crippen LogP contribution is 2.14. The summed E-state index contributed by atoms with van der Waals surface area (Å²) in [6, 6.07) is 9.39. The number of carbonyl (C=O) groups is 1. The standard InChI is InChI=1S/C16H19N5O.2ClH/c17-12-14-11-13(4-6-18-14)16(22)21-9-7-20(8-10-21)15-3-1-2-5-19-15;;/h1-6,11H,7-10,12,17H2;2*1H. The molecule has 1 saturated heterocycles. The van der Waals surface area contributed by atoms with Crippen LogP contribution in [0, 0.1) is 0 Å². The second kappa shape index (κ2) is 9.42. The highest BCUT2D eigenvalue weighted by Gasteiger charge is 2.22. The highest BCUT2D eigenvalue weighted by atomic mass is 35.5. The van der Waals surface area contributed by atoms with Crippen molar-refractivity contribution in [2.45, 2.75) is 6.54 Å². The van der Waals surface area contributed by atoms with Gasteiger partial charge in [-0.1, -0.05) is 6.07 Å². The van der Waals surface area contributed by atoms with Crippen molar-refractivity contribution >= 4 is 36.5 Å². The number of rotatable bonds is 3. The Morgan fingerprint density at radius 3 is 2.42 bits per heavy atom. The monoisotopic (exact) mass is 369 g/mol. The highest BCUT2D eigenvalue weighted by molar-refractivity contribution is 5.94. The molecule has 6 nitrogen and oxygen atoms in total. The minimum absolute atomic E-state index is 0. The summed E-state index contributed by atoms with van der Waals surface area (Å²) in [4.78, 5) is 25.1. The minimum atomic E-state index is 0. The first-order valence-corrected chi connectivity index (χ1v) is 7.38. The van der Waals surface area contributed by atoms with E-state index in [2.05, 4.69) is 14.9 Å². The van der Waals surface area contributed by atoms with Crippen molar-refractivity contribution in [3.63, 3.8) is 0 Å². The lowest BCUT2D eigenvalue weighted by Gasteiger charge is -2.35. The van der Waals surface area contributed by atoms with Crippen LogP contribution in [0.1, 0.15) is 16.1 Å². The number of piperazine rings is 1. The van der Waals surface area contributed by atoms with Crippen molar-refractivity contribution in [3.8, 4) is 0 Å². The summed E-state index contributed by atoms with van der Waals surface area (Å²) in [6.45, 7) is 3.30. The lowest BCUT2D eigenvalue weighted by molar-refractivity contribution is 0.0746. The molecule has 130 valence electrons. The van der Waals surface area contributed by atoms with Gasteiger partial charge in [-0.3, -0.25) is 9.78 Å². The number of nitrogens with zero attached hydrogens (tertiary/aromatic N) is 4. The van der Waals surface area contributed by atoms with E-state index in [0.717, 1.165) is 24.6 Å². The molecule has 0 spiro atoms. The Morgan fingerprint density at radius 2 is 1.79 bits per heavy atom. The zero-order chi connectivity index (χ0) is 15.4. The molecule has 2 aromatic rings. The van der Waals surface area contributed by atoms with Crippen LogP contribution in [0.4, 0.5) is 5.82 Å². The maximum atomic E-state index is 12.5. The van der Waals surface area contributed by atoms with Crippen LogP contribution in [0.25, 0.3) is 0 Å². The van der Waals surface area contributed by atoms with E-state index in [9.17, 15) is 4.79 Å². The average Bonchev–Trinajstić information content (AvgIpc) is 2.62. The van der Waals surface area contributed by atoms with Gasteiger partial charge in [0.25, 0.3) is 5.91 Å². The van der Waals surface area contributed by atoms with E-state index in [-0.39, 0.29) is 30.7 Å². The van der Waals surface area contributed by atoms with E-state index in [1.54, 1.807) is 24.5 Å². The number of amides is 1. The third kappa shape index (κ3) is 4.56. The van der Waals surface area contributed by atoms with Crippen LogP contribution in [0.15, 0.2) is 42.7 Å². The molecule has 0 atom stereocenters. The first-order chi connectivity index (χ1) is 10.8. The Kier molecular flexibility index (Phi) is 7.91. The molecule has 1 aliphatic rings. The second-order valence-electron chi connectivity index (χ2n) is 5.21. The molecule has 0 radical (unpaired) electrons. The largest absolute Gasteiger partial charge is 0.353 e. The molecule has 8 heteroatoms. The molecule has 3 rings (SSSR count). The first-order valence-electron chi connectivity index (χ1n) is 7.38. The average molecular weight is 370 g/mol. The Morgan fingerprint density at radius 1 is 1.04 bits per heavy atom. The number of anilines is 1. The molecular weight excluding hydrogens is 349 g/mol. The summed E-state index contributed by atoms with van der Waals surface area (Å²) in [5.41, 5.74) is 6.97. The van der Waals surface area contributed by atoms with Gasteiger partial charge in [0.15, 0.2) is 0 Å². The normalized spacial score (nSPS) is 13.7. The van der Waals surface area contributed by atoms with Crippen LogP contribution >= 0.6 is 24.8 Å². The van der Waals surface area contributed by atoms with Crippen molar-refractivity contribution < 1.29 is 4.79 Å². The molecule has 0 bridgehead atoms. The minimum Gasteiger partial charge on any atom is -0.353 e. The van der Waals surface area contributed by atoms with Gasteiger partial charge in [-0.15, -0.1) is 24.8 Å². The van der Waals surface area contributed by atoms with Gasteiger partial charge in [0.2, 0.25) is 0 Å². The van der Waals surface area contributed by atoms with E-state index < -0.39 is 0 Å². The van der Waals surface area contributed by atoms with Crippen LogP contribution in [0.3, 0.4) is 0 Å². The SMILES string of the molecule is Cl.Cl.NCc1cc(C(=O)N2CCN(c3ccccn3)CC2)ccn1. The van der Waals surface area contributed by atoms with Gasteiger partial charge in [0, 0.05) is 50.7 Å². The zero-order valence-corrected chi connectivity index (χ0v) is 14.8. The van der Waals surface area contributed by atoms with Crippen molar-refractivity contribution in [3.05, 3.63) is 54.0 Å². The van der Waals surface area contributed by atoms with Crippen molar-refractivity contribution in [1.82, 2.24) is 14.9 Å². The number of pyridine rings is 2. The van der Waals surface area contributed by atoms with Crippen LogP contribution < -0.4 is 10.6 Å². The maximum Gasteiger partial charge on any atom is 0.254 e. The zero-order valence-electron chi connectivity index (χ0n) is 13.2. The smallest absolute Gasteiger partial charge is 0.254 e. The Labute approximate surface area is 153 Å². The predicted molar refractivity (Wildman–Crippen MR) is 99.0 cm³/mol. The van der Waals surface area contributed by atoms with Crippen LogP contribution in [-0.4, -0.2) is 47.0 Å². The lowest BCUT2D eigenvalue weighted by Crippen LogP contribution is -2.49. The van der Waals surface area contributed by atoms with Crippen molar-refractivity contribution in [1.29, 1.82) is 0 Å². The molecule has 2 aromatic heterocycles. The van der Waals surface area contributed by atoms with Gasteiger partial charge in [0.1, 0.15) is 5.82 Å². The van der Waals surface area contributed by atoms with Gasteiger partial charge in [-0.2, -0.15) is 0 Å². The van der Waals surface area contributed by atoms with Gasteiger partial charge in [-0.05, 0) is 24.3 Å². The van der Waals surface area contributed by atoms with E-state index in [0.29, 0.717) is 25.2 Å². The molecular formula is C16H21Cl2N5O. The quantitative estimate of drug-likeness (QED) is 0.891.